The molecule has 0 bridgehead atoms. The van der Waals surface area contributed by atoms with Crippen LogP contribution in [-0.2, 0) is 11.3 Å². The van der Waals surface area contributed by atoms with Crippen molar-refractivity contribution in [3.63, 3.8) is 0 Å². The standard InChI is InChI=1S/C14H20F3N5O2/c15-14(16,17)9-3-1-5-22(8-9)13(23)18-7-11-19-12(21-20-11)10-4-2-6-24-10/h9-10H,1-8H2,(H,18,23)(H,19,20,21). The summed E-state index contributed by atoms with van der Waals surface area (Å²) in [4.78, 5) is 17.5. The summed E-state index contributed by atoms with van der Waals surface area (Å²) in [5.74, 6) is -0.446. The van der Waals surface area contributed by atoms with E-state index >= 15 is 0 Å². The summed E-state index contributed by atoms with van der Waals surface area (Å²) in [5.41, 5.74) is 0. The van der Waals surface area contributed by atoms with E-state index < -0.39 is 18.1 Å². The van der Waals surface area contributed by atoms with Crippen molar-refractivity contribution in [1.82, 2.24) is 25.4 Å². The lowest BCUT2D eigenvalue weighted by Crippen LogP contribution is -2.48. The minimum absolute atomic E-state index is 0.0696. The molecule has 3 heterocycles. The Kier molecular flexibility index (Phi) is 4.93. The molecular formula is C14H20F3N5O2. The van der Waals surface area contributed by atoms with E-state index in [1.165, 1.54) is 4.90 Å². The number of carbonyl (C=O) groups is 1. The number of halogens is 3. The third-order valence-corrected chi connectivity index (χ3v) is 4.35. The van der Waals surface area contributed by atoms with Gasteiger partial charge in [0.15, 0.2) is 5.82 Å². The van der Waals surface area contributed by atoms with E-state index in [1.807, 2.05) is 0 Å². The molecule has 1 aromatic heterocycles. The number of amides is 2. The van der Waals surface area contributed by atoms with Gasteiger partial charge in [-0.1, -0.05) is 0 Å². The number of ether oxygens (including phenoxy) is 1. The molecule has 2 N–H and O–H groups in total. The second-order valence-corrected chi connectivity index (χ2v) is 6.13. The molecule has 2 atom stereocenters. The van der Waals surface area contributed by atoms with Gasteiger partial charge < -0.3 is 15.0 Å². The van der Waals surface area contributed by atoms with Crippen LogP contribution in [0.3, 0.4) is 0 Å². The lowest BCUT2D eigenvalue weighted by atomic mass is 9.98. The Labute approximate surface area is 136 Å². The highest BCUT2D eigenvalue weighted by molar-refractivity contribution is 5.74. The molecule has 0 aliphatic carbocycles. The number of hydrogen-bond acceptors (Lipinski definition) is 4. The zero-order valence-electron chi connectivity index (χ0n) is 13.1. The molecule has 2 saturated heterocycles. The smallest absolute Gasteiger partial charge is 0.370 e. The molecule has 0 radical (unpaired) electrons. The first-order valence-corrected chi connectivity index (χ1v) is 8.06. The number of piperidine rings is 1. The Balaban J connectivity index is 1.50. The van der Waals surface area contributed by atoms with Gasteiger partial charge in [-0.3, -0.25) is 5.10 Å². The van der Waals surface area contributed by atoms with Crippen LogP contribution in [0.25, 0.3) is 0 Å². The van der Waals surface area contributed by atoms with Crippen LogP contribution in [0.1, 0.15) is 43.4 Å². The minimum Gasteiger partial charge on any atom is -0.370 e. The Morgan fingerprint density at radius 2 is 2.21 bits per heavy atom. The Morgan fingerprint density at radius 3 is 2.92 bits per heavy atom. The van der Waals surface area contributed by atoms with Crippen molar-refractivity contribution in [3.8, 4) is 0 Å². The Hall–Kier alpha value is -1.84. The van der Waals surface area contributed by atoms with Gasteiger partial charge in [-0.2, -0.15) is 18.3 Å². The van der Waals surface area contributed by atoms with Crippen molar-refractivity contribution in [3.05, 3.63) is 11.6 Å². The molecule has 24 heavy (non-hydrogen) atoms. The fourth-order valence-corrected chi connectivity index (χ4v) is 3.01. The van der Waals surface area contributed by atoms with E-state index in [2.05, 4.69) is 20.5 Å². The summed E-state index contributed by atoms with van der Waals surface area (Å²) < 4.78 is 43.8. The van der Waals surface area contributed by atoms with Crippen molar-refractivity contribution >= 4 is 6.03 Å². The van der Waals surface area contributed by atoms with Gasteiger partial charge in [-0.15, -0.1) is 0 Å². The van der Waals surface area contributed by atoms with Crippen LogP contribution in [0, 0.1) is 5.92 Å². The molecule has 2 fully saturated rings. The summed E-state index contributed by atoms with van der Waals surface area (Å²) in [5, 5.41) is 9.37. The van der Waals surface area contributed by atoms with E-state index in [0.29, 0.717) is 31.2 Å². The van der Waals surface area contributed by atoms with Crippen LogP contribution in [0.2, 0.25) is 0 Å². The predicted molar refractivity (Wildman–Crippen MR) is 76.9 cm³/mol. The number of rotatable bonds is 3. The van der Waals surface area contributed by atoms with Gasteiger partial charge in [0.25, 0.3) is 0 Å². The van der Waals surface area contributed by atoms with Crippen LogP contribution in [-0.4, -0.2) is 52.0 Å². The van der Waals surface area contributed by atoms with Crippen LogP contribution < -0.4 is 5.32 Å². The third kappa shape index (κ3) is 3.97. The quantitative estimate of drug-likeness (QED) is 0.878. The van der Waals surface area contributed by atoms with E-state index in [9.17, 15) is 18.0 Å². The summed E-state index contributed by atoms with van der Waals surface area (Å²) >= 11 is 0. The molecule has 0 aromatic carbocycles. The predicted octanol–water partition coefficient (Wildman–Crippen LogP) is 2.14. The van der Waals surface area contributed by atoms with Crippen molar-refractivity contribution in [2.24, 2.45) is 5.92 Å². The lowest BCUT2D eigenvalue weighted by molar-refractivity contribution is -0.184. The summed E-state index contributed by atoms with van der Waals surface area (Å²) in [6.45, 7) is 0.801. The highest BCUT2D eigenvalue weighted by atomic mass is 19.4. The molecular weight excluding hydrogens is 327 g/mol. The normalized spacial score (nSPS) is 25.0. The van der Waals surface area contributed by atoms with E-state index in [1.54, 1.807) is 0 Å². The number of urea groups is 1. The van der Waals surface area contributed by atoms with Gasteiger partial charge in [0.2, 0.25) is 0 Å². The topological polar surface area (TPSA) is 83.1 Å². The number of nitrogens with one attached hydrogen (secondary N) is 2. The van der Waals surface area contributed by atoms with Gasteiger partial charge in [0.05, 0.1) is 12.5 Å². The number of likely N-dealkylation sites (tertiary alicyclic amines) is 1. The second kappa shape index (κ2) is 6.96. The fourth-order valence-electron chi connectivity index (χ4n) is 3.01. The van der Waals surface area contributed by atoms with Gasteiger partial charge in [0.1, 0.15) is 11.9 Å². The van der Waals surface area contributed by atoms with Gasteiger partial charge >= 0.3 is 12.2 Å². The van der Waals surface area contributed by atoms with Gasteiger partial charge in [-0.25, -0.2) is 9.78 Å². The van der Waals surface area contributed by atoms with Crippen molar-refractivity contribution < 1.29 is 22.7 Å². The molecule has 0 saturated carbocycles. The average molecular weight is 347 g/mol. The first kappa shape index (κ1) is 17.0. The van der Waals surface area contributed by atoms with Crippen LogP contribution in [0.4, 0.5) is 18.0 Å². The zero-order valence-corrected chi connectivity index (χ0v) is 13.1. The average Bonchev–Trinajstić information content (AvgIpc) is 3.23. The third-order valence-electron chi connectivity index (χ3n) is 4.35. The summed E-state index contributed by atoms with van der Waals surface area (Å²) in [7, 11) is 0. The first-order valence-electron chi connectivity index (χ1n) is 8.06. The van der Waals surface area contributed by atoms with Gasteiger partial charge in [0, 0.05) is 19.7 Å². The van der Waals surface area contributed by atoms with Crippen molar-refractivity contribution in [2.45, 2.75) is 44.5 Å². The van der Waals surface area contributed by atoms with Crippen LogP contribution >= 0.6 is 0 Å². The molecule has 134 valence electrons. The lowest BCUT2D eigenvalue weighted by Gasteiger charge is -2.33. The maximum Gasteiger partial charge on any atom is 0.393 e. The van der Waals surface area contributed by atoms with E-state index in [-0.39, 0.29) is 25.6 Å². The number of nitrogens with zero attached hydrogens (tertiary/aromatic N) is 3. The second-order valence-electron chi connectivity index (χ2n) is 6.13. The number of aromatic amines is 1. The molecule has 3 rings (SSSR count). The van der Waals surface area contributed by atoms with Crippen molar-refractivity contribution in [1.29, 1.82) is 0 Å². The van der Waals surface area contributed by atoms with E-state index in [0.717, 1.165) is 12.8 Å². The van der Waals surface area contributed by atoms with Crippen molar-refractivity contribution in [2.75, 3.05) is 19.7 Å². The zero-order chi connectivity index (χ0) is 17.2. The maximum absolute atomic E-state index is 12.8. The van der Waals surface area contributed by atoms with Crippen LogP contribution in [0.5, 0.6) is 0 Å². The minimum atomic E-state index is -4.26. The fraction of sp³-hybridized carbons (Fsp3) is 0.786. The number of aromatic nitrogens is 3. The number of carbonyl (C=O) groups excluding carboxylic acids is 1. The molecule has 2 aliphatic heterocycles. The molecule has 1 aromatic rings. The molecule has 2 amide bonds. The Bertz CT molecular complexity index is 571. The molecule has 2 unspecified atom stereocenters. The maximum atomic E-state index is 12.8. The van der Waals surface area contributed by atoms with E-state index in [4.69, 9.17) is 4.74 Å². The first-order chi connectivity index (χ1) is 11.4. The molecule has 0 spiro atoms. The molecule has 10 heteroatoms. The number of H-pyrrole nitrogens is 1. The van der Waals surface area contributed by atoms with Gasteiger partial charge in [-0.05, 0) is 25.7 Å². The summed E-state index contributed by atoms with van der Waals surface area (Å²) in [6, 6.07) is -0.515. The SMILES string of the molecule is O=C(NCc1nc(C2CCCO2)n[nH]1)N1CCCC(C(F)(F)F)C1. The molecule has 7 nitrogen and oxygen atoms in total. The number of alkyl halides is 3. The summed E-state index contributed by atoms with van der Waals surface area (Å²) in [6.07, 6.45) is -2.15. The monoisotopic (exact) mass is 347 g/mol. The Morgan fingerprint density at radius 1 is 1.38 bits per heavy atom. The largest absolute Gasteiger partial charge is 0.393 e. The van der Waals surface area contributed by atoms with Crippen LogP contribution in [0.15, 0.2) is 0 Å². The highest BCUT2D eigenvalue weighted by Crippen LogP contribution is 2.33. The highest BCUT2D eigenvalue weighted by Gasteiger charge is 2.42. The number of hydrogen-bond donors (Lipinski definition) is 2. The molecule has 2 aliphatic rings.